The van der Waals surface area contributed by atoms with Crippen LogP contribution in [0.4, 0.5) is 5.88 Å². The molecule has 1 aromatic rings. The molecule has 2 heterocycles. The molecular weight excluding hydrogens is 430 g/mol. The van der Waals surface area contributed by atoms with Crippen molar-refractivity contribution in [2.75, 3.05) is 19.3 Å². The molecular formula is C18H25N5O7S. The van der Waals surface area contributed by atoms with Crippen molar-refractivity contribution in [2.24, 2.45) is 5.10 Å². The van der Waals surface area contributed by atoms with E-state index in [9.17, 15) is 28.1 Å². The van der Waals surface area contributed by atoms with Gasteiger partial charge in [0.1, 0.15) is 4.92 Å². The van der Waals surface area contributed by atoms with Crippen LogP contribution in [0.3, 0.4) is 0 Å². The molecule has 1 saturated heterocycles. The van der Waals surface area contributed by atoms with Gasteiger partial charge in [-0.2, -0.15) is 9.41 Å². The smallest absolute Gasteiger partial charge is 0.400 e. The molecule has 1 aliphatic heterocycles. The molecule has 0 radical (unpaired) electrons. The van der Waals surface area contributed by atoms with Crippen LogP contribution in [0, 0.1) is 10.1 Å². The first-order valence-electron chi connectivity index (χ1n) is 9.88. The number of hydrogen-bond donors (Lipinski definition) is 1. The molecule has 1 unspecified atom stereocenters. The number of hydrazone groups is 1. The first kappa shape index (κ1) is 22.9. The van der Waals surface area contributed by atoms with E-state index in [-0.39, 0.29) is 18.3 Å². The highest BCUT2D eigenvalue weighted by Gasteiger charge is 2.50. The van der Waals surface area contributed by atoms with Crippen molar-refractivity contribution >= 4 is 33.9 Å². The molecule has 2 fully saturated rings. The van der Waals surface area contributed by atoms with Gasteiger partial charge in [0.15, 0.2) is 11.3 Å². The number of nitro groups is 1. The fourth-order valence-electron chi connectivity index (χ4n) is 3.77. The third-order valence-corrected chi connectivity index (χ3v) is 6.69. The topological polar surface area (TPSA) is 155 Å². The molecule has 0 spiro atoms. The van der Waals surface area contributed by atoms with E-state index in [1.807, 2.05) is 0 Å². The summed E-state index contributed by atoms with van der Waals surface area (Å²) < 4.78 is 30.1. The highest BCUT2D eigenvalue weighted by molar-refractivity contribution is 7.88. The maximum atomic E-state index is 13.2. The lowest BCUT2D eigenvalue weighted by Gasteiger charge is -2.44. The van der Waals surface area contributed by atoms with Gasteiger partial charge in [0.05, 0.1) is 25.1 Å². The highest BCUT2D eigenvalue weighted by Crippen LogP contribution is 2.27. The number of furan rings is 1. The fourth-order valence-corrected chi connectivity index (χ4v) is 4.60. The van der Waals surface area contributed by atoms with Crippen molar-refractivity contribution in [2.45, 2.75) is 50.6 Å². The highest BCUT2D eigenvalue weighted by atomic mass is 32.2. The lowest BCUT2D eigenvalue weighted by molar-refractivity contribution is -0.402. The van der Waals surface area contributed by atoms with Gasteiger partial charge in [0.2, 0.25) is 15.9 Å². The summed E-state index contributed by atoms with van der Waals surface area (Å²) in [6.07, 6.45) is 6.74. The molecule has 1 aliphatic carbocycles. The molecule has 31 heavy (non-hydrogen) atoms. The summed E-state index contributed by atoms with van der Waals surface area (Å²) in [4.78, 5) is 36.1. The van der Waals surface area contributed by atoms with Crippen LogP contribution >= 0.6 is 0 Å². The molecule has 0 bridgehead atoms. The normalized spacial score (nSPS) is 23.9. The van der Waals surface area contributed by atoms with Crippen LogP contribution in [0.15, 0.2) is 21.7 Å². The second-order valence-electron chi connectivity index (χ2n) is 8.00. The Morgan fingerprint density at radius 1 is 1.35 bits per heavy atom. The Morgan fingerprint density at radius 2 is 2.03 bits per heavy atom. The van der Waals surface area contributed by atoms with Crippen molar-refractivity contribution in [3.8, 4) is 0 Å². The van der Waals surface area contributed by atoms with E-state index in [1.165, 1.54) is 13.0 Å². The molecule has 170 valence electrons. The van der Waals surface area contributed by atoms with Gasteiger partial charge in [-0.3, -0.25) is 19.7 Å². The third-order valence-electron chi connectivity index (χ3n) is 5.49. The monoisotopic (exact) mass is 455 g/mol. The zero-order valence-corrected chi connectivity index (χ0v) is 18.1. The van der Waals surface area contributed by atoms with Crippen molar-refractivity contribution < 1.29 is 27.3 Å². The zero-order chi connectivity index (χ0) is 22.8. The average molecular weight is 455 g/mol. The second-order valence-corrected chi connectivity index (χ2v) is 9.98. The van der Waals surface area contributed by atoms with Gasteiger partial charge in [-0.15, -0.1) is 0 Å². The number of sulfonamides is 1. The van der Waals surface area contributed by atoms with Gasteiger partial charge in [-0.25, -0.2) is 13.4 Å². The number of nitrogens with one attached hydrogen (secondary N) is 1. The lowest BCUT2D eigenvalue weighted by Crippen LogP contribution is -2.68. The second kappa shape index (κ2) is 8.75. The van der Waals surface area contributed by atoms with Crippen LogP contribution in [-0.2, 0) is 19.6 Å². The minimum atomic E-state index is -3.73. The van der Waals surface area contributed by atoms with Crippen LogP contribution in [0.1, 0.15) is 44.8 Å². The van der Waals surface area contributed by atoms with Gasteiger partial charge in [0, 0.05) is 12.6 Å². The third kappa shape index (κ3) is 5.10. The van der Waals surface area contributed by atoms with E-state index in [1.54, 1.807) is 0 Å². The van der Waals surface area contributed by atoms with Crippen LogP contribution < -0.4 is 5.32 Å². The minimum Gasteiger partial charge on any atom is -0.400 e. The van der Waals surface area contributed by atoms with Gasteiger partial charge in [-0.1, -0.05) is 19.3 Å². The summed E-state index contributed by atoms with van der Waals surface area (Å²) in [5.74, 6) is -1.69. The van der Waals surface area contributed by atoms with E-state index in [0.717, 1.165) is 60.0 Å². The van der Waals surface area contributed by atoms with E-state index in [4.69, 9.17) is 4.42 Å². The Hall–Kier alpha value is -2.80. The summed E-state index contributed by atoms with van der Waals surface area (Å²) >= 11 is 0. The number of hydrogen-bond acceptors (Lipinski definition) is 8. The molecule has 1 aromatic heterocycles. The molecule has 1 N–H and O–H groups in total. The van der Waals surface area contributed by atoms with Gasteiger partial charge in [-0.05, 0) is 25.8 Å². The largest absolute Gasteiger partial charge is 0.433 e. The number of nitrogens with zero attached hydrogens (tertiary/aromatic N) is 4. The molecule has 2 aliphatic rings. The number of carbonyl (C=O) groups excluding carboxylic acids is 2. The molecule has 13 heteroatoms. The predicted octanol–water partition coefficient (Wildman–Crippen LogP) is 0.833. The van der Waals surface area contributed by atoms with E-state index in [2.05, 4.69) is 10.4 Å². The van der Waals surface area contributed by atoms with E-state index in [0.29, 0.717) is 0 Å². The lowest BCUT2D eigenvalue weighted by atomic mass is 9.92. The predicted molar refractivity (Wildman–Crippen MR) is 110 cm³/mol. The maximum Gasteiger partial charge on any atom is 0.433 e. The molecule has 1 saturated carbocycles. The van der Waals surface area contributed by atoms with Crippen molar-refractivity contribution in [3.63, 3.8) is 0 Å². The molecule has 1 atom stereocenters. The van der Waals surface area contributed by atoms with Crippen molar-refractivity contribution in [1.29, 1.82) is 0 Å². The Balaban J connectivity index is 1.89. The zero-order valence-electron chi connectivity index (χ0n) is 17.3. The summed E-state index contributed by atoms with van der Waals surface area (Å²) in [5.41, 5.74) is -1.61. The number of carbonyl (C=O) groups is 2. The Labute approximate surface area is 179 Å². The SMILES string of the molecule is CC1(C(=O)NC2CCCCC2)CN(S(C)(=O)=O)CC(=O)N1/N=C/c1ccc([N+](=O)[O-])o1. The van der Waals surface area contributed by atoms with Crippen LogP contribution in [0.5, 0.6) is 0 Å². The van der Waals surface area contributed by atoms with Crippen LogP contribution in [0.2, 0.25) is 0 Å². The van der Waals surface area contributed by atoms with Crippen molar-refractivity contribution in [3.05, 3.63) is 28.0 Å². The average Bonchev–Trinajstić information content (AvgIpc) is 3.16. The Morgan fingerprint density at radius 3 is 2.61 bits per heavy atom. The summed E-state index contributed by atoms with van der Waals surface area (Å²) in [5, 5.41) is 18.7. The Kier molecular flexibility index (Phi) is 6.46. The minimum absolute atomic E-state index is 0.0140. The fraction of sp³-hybridized carbons (Fsp3) is 0.611. The van der Waals surface area contributed by atoms with Gasteiger partial charge in [0.25, 0.3) is 5.91 Å². The Bertz CT molecular complexity index is 999. The standard InChI is InChI=1S/C18H25N5O7S/c1-18(17(25)20-13-6-4-3-5-7-13)12-21(31(2,28)29)11-15(24)22(18)19-10-14-8-9-16(30-14)23(26)27/h8-10,13H,3-7,11-12H2,1-2H3,(H,20,25)/b19-10+. The van der Waals surface area contributed by atoms with Crippen LogP contribution in [-0.4, -0.2) is 71.6 Å². The summed E-state index contributed by atoms with van der Waals surface area (Å²) in [7, 11) is -3.73. The van der Waals surface area contributed by atoms with Crippen molar-refractivity contribution in [1.82, 2.24) is 14.6 Å². The van der Waals surface area contributed by atoms with Gasteiger partial charge < -0.3 is 9.73 Å². The van der Waals surface area contributed by atoms with Gasteiger partial charge >= 0.3 is 5.88 Å². The van der Waals surface area contributed by atoms with E-state index < -0.39 is 44.7 Å². The first-order chi connectivity index (χ1) is 14.5. The molecule has 3 rings (SSSR count). The molecule has 0 aromatic carbocycles. The molecule has 12 nitrogen and oxygen atoms in total. The quantitative estimate of drug-likeness (QED) is 0.378. The van der Waals surface area contributed by atoms with Crippen LogP contribution in [0.25, 0.3) is 0 Å². The number of piperazine rings is 1. The van der Waals surface area contributed by atoms with E-state index >= 15 is 0 Å². The summed E-state index contributed by atoms with van der Waals surface area (Å²) in [6.45, 7) is 0.703. The molecule has 2 amide bonds. The maximum absolute atomic E-state index is 13.2. The first-order valence-corrected chi connectivity index (χ1v) is 11.7. The number of amides is 2. The number of rotatable bonds is 6. The summed E-state index contributed by atoms with van der Waals surface area (Å²) in [6, 6.07) is 2.39.